The Kier molecular flexibility index (Phi) is 4.78. The monoisotopic (exact) mass is 272 g/mol. The molecule has 1 aliphatic heterocycles. The van der Waals surface area contributed by atoms with Crippen molar-refractivity contribution in [3.8, 4) is 11.8 Å². The summed E-state index contributed by atoms with van der Waals surface area (Å²) in [6.45, 7) is 5.59. The predicted molar refractivity (Wildman–Crippen MR) is 78.3 cm³/mol. The van der Waals surface area contributed by atoms with E-state index in [-0.39, 0.29) is 18.1 Å². The number of amides is 1. The largest absolute Gasteiger partial charge is 0.372 e. The third-order valence-corrected chi connectivity index (χ3v) is 3.17. The lowest BCUT2D eigenvalue weighted by Gasteiger charge is -2.35. The summed E-state index contributed by atoms with van der Waals surface area (Å²) in [6.07, 6.45) is 0.162. The molecular weight excluding hydrogens is 252 g/mol. The molecule has 2 N–H and O–H groups in total. The van der Waals surface area contributed by atoms with Crippen molar-refractivity contribution in [2.75, 3.05) is 19.6 Å². The molecule has 0 spiro atoms. The molecule has 0 radical (unpaired) electrons. The minimum Gasteiger partial charge on any atom is -0.372 e. The molecule has 0 aliphatic carbocycles. The lowest BCUT2D eigenvalue weighted by molar-refractivity contribution is -0.0586. The van der Waals surface area contributed by atoms with E-state index in [1.807, 2.05) is 43.0 Å². The first-order chi connectivity index (χ1) is 9.60. The van der Waals surface area contributed by atoms with Gasteiger partial charge in [-0.2, -0.15) is 0 Å². The van der Waals surface area contributed by atoms with Crippen LogP contribution in [0.2, 0.25) is 0 Å². The smallest absolute Gasteiger partial charge is 0.254 e. The second-order valence-electron chi connectivity index (χ2n) is 5.05. The molecule has 1 heterocycles. The molecule has 106 valence electrons. The normalized spacial score (nSPS) is 22.1. The summed E-state index contributed by atoms with van der Waals surface area (Å²) < 4.78 is 5.64. The van der Waals surface area contributed by atoms with E-state index in [0.717, 1.165) is 5.56 Å². The highest BCUT2D eigenvalue weighted by Gasteiger charge is 2.26. The van der Waals surface area contributed by atoms with Gasteiger partial charge >= 0.3 is 0 Å². The number of morpholine rings is 1. The Hall–Kier alpha value is -1.83. The maximum Gasteiger partial charge on any atom is 0.254 e. The van der Waals surface area contributed by atoms with E-state index in [2.05, 4.69) is 11.8 Å². The molecular formula is C16H20N2O2. The number of carbonyl (C=O) groups excluding carboxylic acids is 1. The first-order valence-electron chi connectivity index (χ1n) is 6.84. The molecule has 2 rings (SSSR count). The molecule has 0 saturated carbocycles. The Labute approximate surface area is 119 Å². The second-order valence-corrected chi connectivity index (χ2v) is 5.05. The number of hydrogen-bond acceptors (Lipinski definition) is 3. The zero-order valence-corrected chi connectivity index (χ0v) is 11.9. The summed E-state index contributed by atoms with van der Waals surface area (Å²) in [5.74, 6) is 5.78. The number of nitrogens with two attached hydrogens (primary N) is 1. The highest BCUT2D eigenvalue weighted by Crippen LogP contribution is 2.14. The quantitative estimate of drug-likeness (QED) is 0.783. The van der Waals surface area contributed by atoms with Gasteiger partial charge in [-0.15, -0.1) is 0 Å². The van der Waals surface area contributed by atoms with Gasteiger partial charge in [-0.1, -0.05) is 11.8 Å². The van der Waals surface area contributed by atoms with Crippen LogP contribution in [0.5, 0.6) is 0 Å². The Morgan fingerprint density at radius 3 is 2.45 bits per heavy atom. The number of carbonyl (C=O) groups is 1. The van der Waals surface area contributed by atoms with E-state index < -0.39 is 0 Å². The van der Waals surface area contributed by atoms with Gasteiger partial charge in [0.2, 0.25) is 0 Å². The molecule has 1 fully saturated rings. The van der Waals surface area contributed by atoms with Gasteiger partial charge in [0.15, 0.2) is 0 Å². The Balaban J connectivity index is 2.09. The van der Waals surface area contributed by atoms with Gasteiger partial charge in [-0.25, -0.2) is 0 Å². The van der Waals surface area contributed by atoms with Crippen LogP contribution in [0, 0.1) is 11.8 Å². The van der Waals surface area contributed by atoms with Crippen LogP contribution in [0.3, 0.4) is 0 Å². The first-order valence-corrected chi connectivity index (χ1v) is 6.84. The molecule has 1 aliphatic rings. The fourth-order valence-electron chi connectivity index (χ4n) is 2.38. The van der Waals surface area contributed by atoms with Gasteiger partial charge < -0.3 is 15.4 Å². The molecule has 0 bridgehead atoms. The van der Waals surface area contributed by atoms with E-state index in [0.29, 0.717) is 25.2 Å². The van der Waals surface area contributed by atoms with E-state index in [4.69, 9.17) is 10.5 Å². The van der Waals surface area contributed by atoms with E-state index >= 15 is 0 Å². The van der Waals surface area contributed by atoms with Crippen molar-refractivity contribution in [3.63, 3.8) is 0 Å². The van der Waals surface area contributed by atoms with Gasteiger partial charge in [0, 0.05) is 24.2 Å². The van der Waals surface area contributed by atoms with Crippen molar-refractivity contribution in [2.45, 2.75) is 26.1 Å². The zero-order chi connectivity index (χ0) is 14.5. The summed E-state index contributed by atoms with van der Waals surface area (Å²) >= 11 is 0. The SMILES string of the molecule is CC1CN(C(=O)c2ccc(C#CCN)cc2)CC(C)O1. The Bertz CT molecular complexity index is 518. The molecule has 1 amide bonds. The van der Waals surface area contributed by atoms with Gasteiger partial charge in [0.25, 0.3) is 5.91 Å². The summed E-state index contributed by atoms with van der Waals surface area (Å²) in [5, 5.41) is 0. The molecule has 0 aromatic heterocycles. The second kappa shape index (κ2) is 6.56. The fourth-order valence-corrected chi connectivity index (χ4v) is 2.38. The standard InChI is InChI=1S/C16H20N2O2/c1-12-10-18(11-13(2)20-12)16(19)15-7-5-14(6-8-15)4-3-9-17/h5-8,12-13H,9-11,17H2,1-2H3. The van der Waals surface area contributed by atoms with Crippen LogP contribution in [0.15, 0.2) is 24.3 Å². The highest BCUT2D eigenvalue weighted by atomic mass is 16.5. The Morgan fingerprint density at radius 2 is 1.90 bits per heavy atom. The average Bonchev–Trinajstić information content (AvgIpc) is 2.44. The van der Waals surface area contributed by atoms with E-state index in [9.17, 15) is 4.79 Å². The van der Waals surface area contributed by atoms with E-state index in [1.165, 1.54) is 0 Å². The van der Waals surface area contributed by atoms with Crippen LogP contribution in [-0.2, 0) is 4.74 Å². The molecule has 1 aromatic rings. The molecule has 2 atom stereocenters. The maximum atomic E-state index is 12.4. The van der Waals surface area contributed by atoms with Crippen molar-refractivity contribution in [1.29, 1.82) is 0 Å². The van der Waals surface area contributed by atoms with Crippen LogP contribution < -0.4 is 5.73 Å². The number of rotatable bonds is 1. The number of benzene rings is 1. The molecule has 20 heavy (non-hydrogen) atoms. The maximum absolute atomic E-state index is 12.4. The third-order valence-electron chi connectivity index (χ3n) is 3.17. The van der Waals surface area contributed by atoms with Crippen molar-refractivity contribution < 1.29 is 9.53 Å². The lowest BCUT2D eigenvalue weighted by Crippen LogP contribution is -2.48. The predicted octanol–water partition coefficient (Wildman–Crippen LogP) is 1.25. The van der Waals surface area contributed by atoms with Crippen LogP contribution in [0.4, 0.5) is 0 Å². The van der Waals surface area contributed by atoms with Gasteiger partial charge in [0.05, 0.1) is 18.8 Å². The topological polar surface area (TPSA) is 55.6 Å². The number of hydrogen-bond donors (Lipinski definition) is 1. The average molecular weight is 272 g/mol. The third kappa shape index (κ3) is 3.60. The van der Waals surface area contributed by atoms with Crippen molar-refractivity contribution in [3.05, 3.63) is 35.4 Å². The summed E-state index contributed by atoms with van der Waals surface area (Å²) in [7, 11) is 0. The van der Waals surface area contributed by atoms with Crippen LogP contribution >= 0.6 is 0 Å². The van der Waals surface area contributed by atoms with Gasteiger partial charge in [0.1, 0.15) is 0 Å². The molecule has 1 aromatic carbocycles. The molecule has 4 nitrogen and oxygen atoms in total. The van der Waals surface area contributed by atoms with Crippen molar-refractivity contribution in [1.82, 2.24) is 4.90 Å². The molecule has 2 unspecified atom stereocenters. The first kappa shape index (κ1) is 14.6. The summed E-state index contributed by atoms with van der Waals surface area (Å²) in [6, 6.07) is 7.33. The summed E-state index contributed by atoms with van der Waals surface area (Å²) in [5.41, 5.74) is 6.89. The van der Waals surface area contributed by atoms with Crippen molar-refractivity contribution in [2.24, 2.45) is 5.73 Å². The summed E-state index contributed by atoms with van der Waals surface area (Å²) in [4.78, 5) is 14.3. The minimum absolute atomic E-state index is 0.0466. The highest BCUT2D eigenvalue weighted by molar-refractivity contribution is 5.94. The lowest BCUT2D eigenvalue weighted by atomic mass is 10.1. The van der Waals surface area contributed by atoms with Crippen LogP contribution in [0.1, 0.15) is 29.8 Å². The number of ether oxygens (including phenoxy) is 1. The zero-order valence-electron chi connectivity index (χ0n) is 11.9. The van der Waals surface area contributed by atoms with Crippen LogP contribution in [-0.4, -0.2) is 42.6 Å². The minimum atomic E-state index is 0.0466. The Morgan fingerprint density at radius 1 is 1.30 bits per heavy atom. The van der Waals surface area contributed by atoms with Gasteiger partial charge in [-0.3, -0.25) is 4.79 Å². The molecule has 4 heteroatoms. The number of nitrogens with zero attached hydrogens (tertiary/aromatic N) is 1. The van der Waals surface area contributed by atoms with Gasteiger partial charge in [-0.05, 0) is 38.1 Å². The van der Waals surface area contributed by atoms with Crippen LogP contribution in [0.25, 0.3) is 0 Å². The molecule has 1 saturated heterocycles. The fraction of sp³-hybridized carbons (Fsp3) is 0.438. The van der Waals surface area contributed by atoms with E-state index in [1.54, 1.807) is 0 Å². The van der Waals surface area contributed by atoms with Crippen molar-refractivity contribution >= 4 is 5.91 Å².